The van der Waals surface area contributed by atoms with E-state index in [1.807, 2.05) is 41.8 Å². The van der Waals surface area contributed by atoms with Gasteiger partial charge in [-0.2, -0.15) is 5.10 Å². The standard InChI is InChI=1S/C24H19BrN2O3S/c1-29-21-12-18(14-26-27-24(28)23-10-5-11-31-23)20(25)13-22(21)30-15-17-8-4-7-16-6-2-3-9-19(16)17/h2-14H,15H2,1H3,(H,27,28)/b26-14-. The van der Waals surface area contributed by atoms with Crippen molar-refractivity contribution in [3.8, 4) is 11.5 Å². The normalized spacial score (nSPS) is 11.0. The van der Waals surface area contributed by atoms with Crippen LogP contribution in [0.1, 0.15) is 20.8 Å². The number of hydrogen-bond acceptors (Lipinski definition) is 5. The zero-order chi connectivity index (χ0) is 21.6. The highest BCUT2D eigenvalue weighted by molar-refractivity contribution is 9.10. The SMILES string of the molecule is COc1cc(/C=N\NC(=O)c2cccs2)c(Br)cc1OCc1cccc2ccccc12. The van der Waals surface area contributed by atoms with Gasteiger partial charge < -0.3 is 9.47 Å². The lowest BCUT2D eigenvalue weighted by molar-refractivity contribution is 0.0959. The smallest absolute Gasteiger partial charge is 0.281 e. The number of amides is 1. The molecule has 4 aromatic rings. The number of ether oxygens (including phenoxy) is 2. The van der Waals surface area contributed by atoms with Crippen molar-refractivity contribution in [2.45, 2.75) is 6.61 Å². The molecule has 156 valence electrons. The summed E-state index contributed by atoms with van der Waals surface area (Å²) in [7, 11) is 1.59. The first-order valence-corrected chi connectivity index (χ1v) is 11.2. The highest BCUT2D eigenvalue weighted by Crippen LogP contribution is 2.34. The van der Waals surface area contributed by atoms with Crippen molar-refractivity contribution in [2.24, 2.45) is 5.10 Å². The molecule has 0 aliphatic heterocycles. The molecule has 1 N–H and O–H groups in total. The first kappa shape index (κ1) is 21.1. The Labute approximate surface area is 192 Å². The molecule has 4 rings (SSSR count). The quantitative estimate of drug-likeness (QED) is 0.252. The van der Waals surface area contributed by atoms with E-state index in [2.05, 4.69) is 50.7 Å². The molecule has 0 bridgehead atoms. The molecule has 5 nitrogen and oxygen atoms in total. The molecule has 0 radical (unpaired) electrons. The Morgan fingerprint density at radius 1 is 1.10 bits per heavy atom. The molecule has 31 heavy (non-hydrogen) atoms. The van der Waals surface area contributed by atoms with Crippen LogP contribution in [0, 0.1) is 0 Å². The minimum atomic E-state index is -0.246. The Morgan fingerprint density at radius 2 is 1.94 bits per heavy atom. The van der Waals surface area contributed by atoms with Gasteiger partial charge in [0, 0.05) is 10.0 Å². The Hall–Kier alpha value is -3.16. The van der Waals surface area contributed by atoms with Crippen molar-refractivity contribution in [2.75, 3.05) is 7.11 Å². The molecule has 0 unspecified atom stereocenters. The molecule has 1 heterocycles. The van der Waals surface area contributed by atoms with Crippen molar-refractivity contribution in [3.63, 3.8) is 0 Å². The molecule has 7 heteroatoms. The predicted molar refractivity (Wildman–Crippen MR) is 128 cm³/mol. The summed E-state index contributed by atoms with van der Waals surface area (Å²) in [6.45, 7) is 0.411. The number of carbonyl (C=O) groups excluding carboxylic acids is 1. The van der Waals surface area contributed by atoms with Gasteiger partial charge in [-0.3, -0.25) is 4.79 Å². The lowest BCUT2D eigenvalue weighted by Crippen LogP contribution is -2.16. The number of halogens is 1. The van der Waals surface area contributed by atoms with Crippen LogP contribution < -0.4 is 14.9 Å². The van der Waals surface area contributed by atoms with Gasteiger partial charge in [-0.25, -0.2) is 5.43 Å². The van der Waals surface area contributed by atoms with Gasteiger partial charge in [-0.1, -0.05) is 48.5 Å². The maximum atomic E-state index is 12.0. The van der Waals surface area contributed by atoms with Crippen LogP contribution in [-0.4, -0.2) is 19.2 Å². The number of thiophene rings is 1. The first-order valence-electron chi connectivity index (χ1n) is 9.49. The number of fused-ring (bicyclic) bond motifs is 1. The molecule has 0 fully saturated rings. The highest BCUT2D eigenvalue weighted by Gasteiger charge is 2.11. The van der Waals surface area contributed by atoms with Crippen LogP contribution in [0.2, 0.25) is 0 Å². The van der Waals surface area contributed by atoms with Gasteiger partial charge in [0.05, 0.1) is 18.2 Å². The zero-order valence-corrected chi connectivity index (χ0v) is 19.1. The molecular weight excluding hydrogens is 476 g/mol. The third-order valence-corrected chi connectivity index (χ3v) is 6.22. The molecule has 0 saturated carbocycles. The van der Waals surface area contributed by atoms with Crippen LogP contribution in [0.15, 0.2) is 81.7 Å². The molecule has 0 aliphatic rings. The van der Waals surface area contributed by atoms with Gasteiger partial charge >= 0.3 is 0 Å². The maximum Gasteiger partial charge on any atom is 0.281 e. The largest absolute Gasteiger partial charge is 0.493 e. The van der Waals surface area contributed by atoms with Crippen molar-refractivity contribution < 1.29 is 14.3 Å². The van der Waals surface area contributed by atoms with Gasteiger partial charge in [-0.05, 0) is 55.8 Å². The molecule has 0 aliphatic carbocycles. The number of benzene rings is 3. The molecule has 3 aromatic carbocycles. The Bertz CT molecular complexity index is 1230. The molecule has 0 spiro atoms. The fourth-order valence-corrected chi connectivity index (χ4v) is 4.16. The molecule has 1 amide bonds. The summed E-state index contributed by atoms with van der Waals surface area (Å²) in [5.41, 5.74) is 4.37. The summed E-state index contributed by atoms with van der Waals surface area (Å²) in [6, 6.07) is 21.6. The average molecular weight is 495 g/mol. The van der Waals surface area contributed by atoms with Crippen molar-refractivity contribution in [3.05, 3.63) is 92.6 Å². The van der Waals surface area contributed by atoms with E-state index >= 15 is 0 Å². The van der Waals surface area contributed by atoms with Crippen LogP contribution in [0.4, 0.5) is 0 Å². The summed E-state index contributed by atoms with van der Waals surface area (Å²) in [5, 5.41) is 8.23. The number of methoxy groups -OCH3 is 1. The maximum absolute atomic E-state index is 12.0. The fourth-order valence-electron chi connectivity index (χ4n) is 3.12. The molecule has 1 aromatic heterocycles. The summed E-state index contributed by atoms with van der Waals surface area (Å²) in [6.07, 6.45) is 1.56. The average Bonchev–Trinajstić information content (AvgIpc) is 3.34. The van der Waals surface area contributed by atoms with E-state index in [1.165, 1.54) is 16.7 Å². The number of nitrogens with zero attached hydrogens (tertiary/aromatic N) is 1. The van der Waals surface area contributed by atoms with Gasteiger partial charge in [0.2, 0.25) is 0 Å². The first-order chi connectivity index (χ1) is 15.2. The van der Waals surface area contributed by atoms with Crippen LogP contribution in [0.25, 0.3) is 10.8 Å². The third kappa shape index (κ3) is 4.95. The second-order valence-corrected chi connectivity index (χ2v) is 8.43. The van der Waals surface area contributed by atoms with E-state index in [1.54, 1.807) is 19.4 Å². The summed E-state index contributed by atoms with van der Waals surface area (Å²) >= 11 is 4.91. The van der Waals surface area contributed by atoms with Gasteiger partial charge in [-0.15, -0.1) is 11.3 Å². The number of rotatable bonds is 7. The van der Waals surface area contributed by atoms with E-state index in [0.29, 0.717) is 23.0 Å². The minimum Gasteiger partial charge on any atom is -0.493 e. The van der Waals surface area contributed by atoms with E-state index in [4.69, 9.17) is 9.47 Å². The van der Waals surface area contributed by atoms with Crippen LogP contribution in [0.5, 0.6) is 11.5 Å². The van der Waals surface area contributed by atoms with Crippen LogP contribution >= 0.6 is 27.3 Å². The van der Waals surface area contributed by atoms with E-state index in [0.717, 1.165) is 21.0 Å². The topological polar surface area (TPSA) is 59.9 Å². The van der Waals surface area contributed by atoms with Crippen LogP contribution in [-0.2, 0) is 6.61 Å². The summed E-state index contributed by atoms with van der Waals surface area (Å²) < 4.78 is 12.4. The number of carbonyl (C=O) groups is 1. The Morgan fingerprint density at radius 3 is 2.74 bits per heavy atom. The fraction of sp³-hybridized carbons (Fsp3) is 0.0833. The minimum absolute atomic E-state index is 0.246. The van der Waals surface area contributed by atoms with Crippen LogP contribution in [0.3, 0.4) is 0 Å². The highest BCUT2D eigenvalue weighted by atomic mass is 79.9. The number of hydrogen-bond donors (Lipinski definition) is 1. The second-order valence-electron chi connectivity index (χ2n) is 6.63. The van der Waals surface area contributed by atoms with Crippen molar-refractivity contribution >= 4 is 50.2 Å². The summed E-state index contributed by atoms with van der Waals surface area (Å²) in [4.78, 5) is 12.6. The van der Waals surface area contributed by atoms with Crippen molar-refractivity contribution in [1.82, 2.24) is 5.43 Å². The van der Waals surface area contributed by atoms with Gasteiger partial charge in [0.25, 0.3) is 5.91 Å². The lowest BCUT2D eigenvalue weighted by Gasteiger charge is -2.14. The molecule has 0 atom stereocenters. The number of nitrogens with one attached hydrogen (secondary N) is 1. The number of hydrazone groups is 1. The monoisotopic (exact) mass is 494 g/mol. The zero-order valence-electron chi connectivity index (χ0n) is 16.7. The summed E-state index contributed by atoms with van der Waals surface area (Å²) in [5.74, 6) is 0.945. The van der Waals surface area contributed by atoms with Crippen molar-refractivity contribution in [1.29, 1.82) is 0 Å². The molecular formula is C24H19BrN2O3S. The van der Waals surface area contributed by atoms with E-state index < -0.39 is 0 Å². The van der Waals surface area contributed by atoms with Gasteiger partial charge in [0.1, 0.15) is 6.61 Å². The van der Waals surface area contributed by atoms with E-state index in [-0.39, 0.29) is 5.91 Å². The third-order valence-electron chi connectivity index (χ3n) is 4.66. The Balaban J connectivity index is 1.49. The Kier molecular flexibility index (Phi) is 6.64. The lowest BCUT2D eigenvalue weighted by atomic mass is 10.1. The van der Waals surface area contributed by atoms with E-state index in [9.17, 15) is 4.79 Å². The predicted octanol–water partition coefficient (Wildman–Crippen LogP) is 6.02. The van der Waals surface area contributed by atoms with Gasteiger partial charge in [0.15, 0.2) is 11.5 Å². The second kappa shape index (κ2) is 9.76. The molecule has 0 saturated heterocycles.